The number of hydrogen-bond donors (Lipinski definition) is 2. The van der Waals surface area contributed by atoms with E-state index in [-0.39, 0.29) is 30.4 Å². The van der Waals surface area contributed by atoms with Gasteiger partial charge in [-0.1, -0.05) is 0 Å². The third kappa shape index (κ3) is 1.82. The summed E-state index contributed by atoms with van der Waals surface area (Å²) in [7, 11) is 1.58. The number of ether oxygens (including phenoxy) is 1. The van der Waals surface area contributed by atoms with Crippen LogP contribution in [0.25, 0.3) is 0 Å². The van der Waals surface area contributed by atoms with Crippen molar-refractivity contribution < 1.29 is 15.7 Å². The lowest BCUT2D eigenvalue weighted by atomic mass is 10.2. The first kappa shape index (κ1) is 11.9. The minimum Gasteiger partial charge on any atom is -0.383 e. The van der Waals surface area contributed by atoms with Gasteiger partial charge in [-0.3, -0.25) is 9.59 Å². The lowest BCUT2D eigenvalue weighted by Gasteiger charge is -2.26. The van der Waals surface area contributed by atoms with Gasteiger partial charge in [-0.2, -0.15) is 0 Å². The van der Waals surface area contributed by atoms with Gasteiger partial charge in [0.15, 0.2) is 0 Å². The summed E-state index contributed by atoms with van der Waals surface area (Å²) >= 11 is 0. The van der Waals surface area contributed by atoms with Crippen molar-refractivity contribution in [2.45, 2.75) is 25.9 Å². The van der Waals surface area contributed by atoms with E-state index >= 15 is 0 Å². The number of carbonyl (C=O) groups excluding carboxylic acids is 2. The van der Waals surface area contributed by atoms with Crippen molar-refractivity contribution in [3.63, 3.8) is 0 Å². The lowest BCUT2D eigenvalue weighted by Crippen LogP contribution is -2.48. The fraction of sp³-hybridized carbons (Fsp3) is 0.538. The minimum absolute atomic E-state index is 0.113. The van der Waals surface area contributed by atoms with Gasteiger partial charge in [0.2, 0.25) is 0 Å². The molecule has 0 saturated heterocycles. The smallest absolute Gasteiger partial charge is 0.274 e. The van der Waals surface area contributed by atoms with Crippen LogP contribution >= 0.6 is 0 Å². The SMILES string of the molecule is [2H]N1C(C)C=C2NC3=C(CN([C@H](C)COC)C3=O)C(=O)N21. The Morgan fingerprint density at radius 1 is 1.55 bits per heavy atom. The van der Waals surface area contributed by atoms with Gasteiger partial charge in [0.05, 0.1) is 24.8 Å². The Balaban J connectivity index is 1.88. The monoisotopic (exact) mass is 279 g/mol. The van der Waals surface area contributed by atoms with Crippen LogP contribution in [0.4, 0.5) is 0 Å². The van der Waals surface area contributed by atoms with Gasteiger partial charge in [0, 0.05) is 13.2 Å². The van der Waals surface area contributed by atoms with Crippen LogP contribution in [0.5, 0.6) is 0 Å². The molecule has 7 heteroatoms. The zero-order valence-corrected chi connectivity index (χ0v) is 11.7. The van der Waals surface area contributed by atoms with Gasteiger partial charge in [0.25, 0.3) is 11.8 Å². The molecule has 1 unspecified atom stereocenters. The maximum Gasteiger partial charge on any atom is 0.274 e. The molecule has 3 aliphatic heterocycles. The van der Waals surface area contributed by atoms with E-state index in [1.54, 1.807) is 18.1 Å². The van der Waals surface area contributed by atoms with E-state index in [9.17, 15) is 9.59 Å². The van der Waals surface area contributed by atoms with Gasteiger partial charge in [-0.25, -0.2) is 10.4 Å². The number of carbonyl (C=O) groups is 2. The number of rotatable bonds is 3. The standard InChI is InChI=1S/C13H18N4O3/c1-7-4-10-14-11-9(12(18)17(10)15-7)5-16(13(11)19)8(2)6-20-3/h4,7-8,14-15H,5-6H2,1-3H3/t7?,8-/m1/s1/i/hD. The Morgan fingerprint density at radius 2 is 2.30 bits per heavy atom. The molecule has 3 aliphatic rings. The summed E-state index contributed by atoms with van der Waals surface area (Å²) in [6.45, 7) is 4.35. The van der Waals surface area contributed by atoms with E-state index in [1.165, 1.54) is 5.01 Å². The maximum absolute atomic E-state index is 12.5. The zero-order valence-electron chi connectivity index (χ0n) is 12.7. The molecule has 0 spiro atoms. The van der Waals surface area contributed by atoms with Crippen LogP contribution in [0.3, 0.4) is 0 Å². The summed E-state index contributed by atoms with van der Waals surface area (Å²) < 4.78 is 13.0. The summed E-state index contributed by atoms with van der Waals surface area (Å²) in [4.78, 5) is 26.6. The quantitative estimate of drug-likeness (QED) is 0.714. The second-order valence-electron chi connectivity index (χ2n) is 5.24. The van der Waals surface area contributed by atoms with Crippen molar-refractivity contribution in [1.82, 2.24) is 20.6 Å². The maximum atomic E-state index is 12.5. The van der Waals surface area contributed by atoms with Crippen LogP contribution < -0.4 is 10.7 Å². The largest absolute Gasteiger partial charge is 0.383 e. The van der Waals surface area contributed by atoms with Crippen LogP contribution in [0.15, 0.2) is 23.2 Å². The fourth-order valence-electron chi connectivity index (χ4n) is 2.67. The van der Waals surface area contributed by atoms with E-state index < -0.39 is 0 Å². The molecule has 0 radical (unpaired) electrons. The third-order valence-corrected chi connectivity index (χ3v) is 3.67. The Bertz CT molecular complexity index is 574. The predicted molar refractivity (Wildman–Crippen MR) is 70.7 cm³/mol. The minimum atomic E-state index is -0.310. The molecule has 0 aromatic rings. The summed E-state index contributed by atoms with van der Waals surface area (Å²) in [5, 5.41) is 4.26. The second-order valence-corrected chi connectivity index (χ2v) is 5.24. The van der Waals surface area contributed by atoms with Gasteiger partial charge in [0.1, 0.15) is 12.9 Å². The molecular formula is C13H18N4O3. The van der Waals surface area contributed by atoms with Crippen LogP contribution in [0.2, 0.25) is 1.41 Å². The topological polar surface area (TPSA) is 73.9 Å². The third-order valence-electron chi connectivity index (χ3n) is 3.67. The van der Waals surface area contributed by atoms with E-state index in [0.29, 0.717) is 23.7 Å². The summed E-state index contributed by atoms with van der Waals surface area (Å²) in [6.07, 6.45) is 1.75. The van der Waals surface area contributed by atoms with Crippen LogP contribution in [0, 0.1) is 0 Å². The molecule has 0 aromatic heterocycles. The first-order valence-electron chi connectivity index (χ1n) is 7.04. The summed E-state index contributed by atoms with van der Waals surface area (Å²) in [5.41, 5.74) is 1.85. The molecule has 2 N–H and O–H groups in total. The molecular weight excluding hydrogens is 260 g/mol. The molecule has 0 aromatic carbocycles. The Hall–Kier alpha value is -1.86. The van der Waals surface area contributed by atoms with E-state index in [0.717, 1.165) is 5.42 Å². The number of fused-ring (bicyclic) bond motifs is 1. The molecule has 2 atom stereocenters. The molecule has 20 heavy (non-hydrogen) atoms. The van der Waals surface area contributed by atoms with E-state index in [4.69, 9.17) is 6.15 Å². The van der Waals surface area contributed by atoms with Crippen LogP contribution in [0.1, 0.15) is 13.8 Å². The number of amides is 2. The zero-order chi connectivity index (χ0) is 15.3. The molecule has 2 amide bonds. The van der Waals surface area contributed by atoms with Gasteiger partial charge >= 0.3 is 0 Å². The van der Waals surface area contributed by atoms with Crippen molar-refractivity contribution in [2.24, 2.45) is 0 Å². The first-order chi connectivity index (χ1) is 9.95. The average molecular weight is 279 g/mol. The molecule has 3 heterocycles. The summed E-state index contributed by atoms with van der Waals surface area (Å²) in [6, 6.07) is -0.326. The first-order valence-corrected chi connectivity index (χ1v) is 6.60. The molecule has 0 bridgehead atoms. The van der Waals surface area contributed by atoms with Gasteiger partial charge in [-0.15, -0.1) is 0 Å². The van der Waals surface area contributed by atoms with Gasteiger partial charge in [-0.05, 0) is 19.9 Å². The highest BCUT2D eigenvalue weighted by molar-refractivity contribution is 6.10. The molecule has 7 nitrogen and oxygen atoms in total. The number of nitrogens with zero attached hydrogens (tertiary/aromatic N) is 2. The Morgan fingerprint density at radius 3 is 3.00 bits per heavy atom. The number of methoxy groups -OCH3 is 1. The Labute approximate surface area is 118 Å². The highest BCUT2D eigenvalue weighted by atomic mass is 16.5. The lowest BCUT2D eigenvalue weighted by molar-refractivity contribution is -0.129. The number of nitrogens with one attached hydrogen (secondary N) is 2. The van der Waals surface area contributed by atoms with Crippen molar-refractivity contribution in [3.8, 4) is 0 Å². The molecule has 0 aliphatic carbocycles. The Kier molecular flexibility index (Phi) is 2.75. The highest BCUT2D eigenvalue weighted by Gasteiger charge is 2.44. The van der Waals surface area contributed by atoms with Crippen molar-refractivity contribution in [2.75, 3.05) is 20.3 Å². The van der Waals surface area contributed by atoms with Crippen molar-refractivity contribution in [1.29, 1.82) is 0 Å². The molecule has 0 saturated carbocycles. The average Bonchev–Trinajstić information content (AvgIpc) is 2.90. The molecule has 3 rings (SSSR count). The van der Waals surface area contributed by atoms with Crippen molar-refractivity contribution in [3.05, 3.63) is 23.2 Å². The highest BCUT2D eigenvalue weighted by Crippen LogP contribution is 2.28. The molecule has 0 fully saturated rings. The van der Waals surface area contributed by atoms with Crippen LogP contribution in [-0.2, 0) is 14.3 Å². The number of hydrogen-bond acceptors (Lipinski definition) is 5. The second kappa shape index (κ2) is 4.60. The van der Waals surface area contributed by atoms with Crippen LogP contribution in [-0.4, -0.2) is 54.1 Å². The summed E-state index contributed by atoms with van der Waals surface area (Å²) in [5.74, 6) is -0.0230. The molecule has 108 valence electrons. The van der Waals surface area contributed by atoms with Crippen molar-refractivity contribution >= 4 is 11.8 Å². The fourth-order valence-corrected chi connectivity index (χ4v) is 2.67. The normalized spacial score (nSPS) is 28.2. The van der Waals surface area contributed by atoms with E-state index in [2.05, 4.69) is 5.32 Å². The van der Waals surface area contributed by atoms with Gasteiger partial charge < -0.3 is 15.0 Å². The van der Waals surface area contributed by atoms with E-state index in [1.807, 2.05) is 13.8 Å². The number of hydrazine groups is 1. The predicted octanol–water partition coefficient (Wildman–Crippen LogP) is -0.702.